The van der Waals surface area contributed by atoms with Crippen LogP contribution in [-0.2, 0) is 17.8 Å². The van der Waals surface area contributed by atoms with Crippen molar-refractivity contribution in [2.45, 2.75) is 13.0 Å². The molecule has 0 unspecified atom stereocenters. The zero-order valence-corrected chi connectivity index (χ0v) is 11.4. The van der Waals surface area contributed by atoms with Crippen molar-refractivity contribution in [3.63, 3.8) is 0 Å². The Labute approximate surface area is 122 Å². The van der Waals surface area contributed by atoms with Crippen LogP contribution >= 0.6 is 0 Å². The van der Waals surface area contributed by atoms with Crippen molar-refractivity contribution in [1.29, 1.82) is 0 Å². The number of hydrogen-bond acceptors (Lipinski definition) is 3. The number of para-hydroxylation sites is 1. The number of nitrogens with one attached hydrogen (secondary N) is 1. The van der Waals surface area contributed by atoms with E-state index in [9.17, 15) is 9.59 Å². The van der Waals surface area contributed by atoms with Crippen LogP contribution in [0, 0.1) is 0 Å². The molecule has 0 heterocycles. The number of carboxylic acids is 1. The average Bonchev–Trinajstić information content (AvgIpc) is 2.46. The van der Waals surface area contributed by atoms with Gasteiger partial charge >= 0.3 is 5.97 Å². The average molecular weight is 284 g/mol. The number of amides is 1. The van der Waals surface area contributed by atoms with Crippen LogP contribution in [-0.4, -0.2) is 17.0 Å². The molecule has 0 saturated carbocycles. The summed E-state index contributed by atoms with van der Waals surface area (Å²) in [4.78, 5) is 21.8. The molecule has 4 N–H and O–H groups in total. The van der Waals surface area contributed by atoms with E-state index >= 15 is 0 Å². The standard InChI is InChI=1S/C16H16N2O3/c17-15(19)9-13-3-1-2-4-14(13)18-10-11-5-7-12(8-6-11)16(20)21/h1-8,18H,9-10H2,(H2,17,19)(H,20,21). The summed E-state index contributed by atoms with van der Waals surface area (Å²) >= 11 is 0. The Bertz CT molecular complexity index is 651. The van der Waals surface area contributed by atoms with Gasteiger partial charge < -0.3 is 16.2 Å². The first kappa shape index (κ1) is 14.6. The molecule has 0 aliphatic carbocycles. The third-order valence-electron chi connectivity index (χ3n) is 3.07. The van der Waals surface area contributed by atoms with Gasteiger partial charge in [0.2, 0.25) is 5.91 Å². The minimum Gasteiger partial charge on any atom is -0.478 e. The van der Waals surface area contributed by atoms with Crippen LogP contribution in [0.2, 0.25) is 0 Å². The molecule has 0 bridgehead atoms. The Morgan fingerprint density at radius 3 is 2.33 bits per heavy atom. The van der Waals surface area contributed by atoms with Gasteiger partial charge in [-0.3, -0.25) is 4.79 Å². The number of nitrogens with two attached hydrogens (primary N) is 1. The van der Waals surface area contributed by atoms with E-state index in [4.69, 9.17) is 10.8 Å². The Morgan fingerprint density at radius 1 is 1.05 bits per heavy atom. The maximum atomic E-state index is 11.0. The van der Waals surface area contributed by atoms with E-state index in [0.29, 0.717) is 6.54 Å². The van der Waals surface area contributed by atoms with Gasteiger partial charge in [0.1, 0.15) is 0 Å². The lowest BCUT2D eigenvalue weighted by Gasteiger charge is -2.11. The van der Waals surface area contributed by atoms with Crippen LogP contribution < -0.4 is 11.1 Å². The first-order valence-corrected chi connectivity index (χ1v) is 6.48. The van der Waals surface area contributed by atoms with E-state index in [1.165, 1.54) is 0 Å². The van der Waals surface area contributed by atoms with Gasteiger partial charge in [-0.2, -0.15) is 0 Å². The van der Waals surface area contributed by atoms with Crippen LogP contribution in [0.25, 0.3) is 0 Å². The largest absolute Gasteiger partial charge is 0.478 e. The highest BCUT2D eigenvalue weighted by molar-refractivity contribution is 5.87. The Balaban J connectivity index is 2.06. The molecule has 0 fully saturated rings. The van der Waals surface area contributed by atoms with Gasteiger partial charge in [0.25, 0.3) is 0 Å². The van der Waals surface area contributed by atoms with E-state index in [1.807, 2.05) is 24.3 Å². The third kappa shape index (κ3) is 4.07. The molecule has 0 radical (unpaired) electrons. The summed E-state index contributed by atoms with van der Waals surface area (Å²) < 4.78 is 0. The second-order valence-electron chi connectivity index (χ2n) is 4.66. The van der Waals surface area contributed by atoms with Gasteiger partial charge in [-0.25, -0.2) is 4.79 Å². The molecule has 5 nitrogen and oxygen atoms in total. The van der Waals surface area contributed by atoms with Crippen molar-refractivity contribution >= 4 is 17.6 Å². The van der Waals surface area contributed by atoms with Crippen molar-refractivity contribution in [2.75, 3.05) is 5.32 Å². The SMILES string of the molecule is NC(=O)Cc1ccccc1NCc1ccc(C(=O)O)cc1. The molecule has 0 spiro atoms. The molecule has 21 heavy (non-hydrogen) atoms. The van der Waals surface area contributed by atoms with Crippen molar-refractivity contribution in [3.05, 3.63) is 65.2 Å². The van der Waals surface area contributed by atoms with Gasteiger partial charge in [0, 0.05) is 12.2 Å². The summed E-state index contributed by atoms with van der Waals surface area (Å²) in [6.07, 6.45) is 0.182. The van der Waals surface area contributed by atoms with E-state index < -0.39 is 5.97 Å². The lowest BCUT2D eigenvalue weighted by Crippen LogP contribution is -2.15. The Kier molecular flexibility index (Phi) is 4.56. The maximum Gasteiger partial charge on any atom is 0.335 e. The Morgan fingerprint density at radius 2 is 1.71 bits per heavy atom. The lowest BCUT2D eigenvalue weighted by molar-refractivity contribution is -0.117. The number of carbonyl (C=O) groups excluding carboxylic acids is 1. The minimum absolute atomic E-state index is 0.182. The number of carbonyl (C=O) groups is 2. The molecule has 5 heteroatoms. The summed E-state index contributed by atoms with van der Waals surface area (Å²) in [6.45, 7) is 0.537. The number of primary amides is 1. The van der Waals surface area contributed by atoms with E-state index in [1.54, 1.807) is 24.3 Å². The quantitative estimate of drug-likeness (QED) is 0.756. The van der Waals surface area contributed by atoms with Gasteiger partial charge in [-0.1, -0.05) is 30.3 Å². The highest BCUT2D eigenvalue weighted by atomic mass is 16.4. The minimum atomic E-state index is -0.943. The summed E-state index contributed by atoms with van der Waals surface area (Å²) in [5, 5.41) is 12.1. The molecule has 0 saturated heterocycles. The summed E-state index contributed by atoms with van der Waals surface area (Å²) in [5.74, 6) is -1.32. The predicted octanol–water partition coefficient (Wildman–Crippen LogP) is 2.02. The molecule has 2 aromatic rings. The smallest absolute Gasteiger partial charge is 0.335 e. The first-order valence-electron chi connectivity index (χ1n) is 6.48. The second-order valence-corrected chi connectivity index (χ2v) is 4.66. The molecule has 0 aliphatic heterocycles. The molecule has 108 valence electrons. The highest BCUT2D eigenvalue weighted by Gasteiger charge is 2.05. The van der Waals surface area contributed by atoms with Crippen LogP contribution in [0.3, 0.4) is 0 Å². The number of aromatic carboxylic acids is 1. The van der Waals surface area contributed by atoms with Crippen LogP contribution in [0.4, 0.5) is 5.69 Å². The highest BCUT2D eigenvalue weighted by Crippen LogP contribution is 2.17. The number of anilines is 1. The van der Waals surface area contributed by atoms with Crippen molar-refractivity contribution in [2.24, 2.45) is 5.73 Å². The fourth-order valence-corrected chi connectivity index (χ4v) is 2.00. The zero-order valence-electron chi connectivity index (χ0n) is 11.4. The fourth-order valence-electron chi connectivity index (χ4n) is 2.00. The summed E-state index contributed by atoms with van der Waals surface area (Å²) in [7, 11) is 0. The summed E-state index contributed by atoms with van der Waals surface area (Å²) in [5.41, 5.74) is 8.12. The third-order valence-corrected chi connectivity index (χ3v) is 3.07. The molecular weight excluding hydrogens is 268 g/mol. The molecule has 2 rings (SSSR count). The molecule has 0 atom stereocenters. The molecule has 0 aromatic heterocycles. The Hall–Kier alpha value is -2.82. The van der Waals surface area contributed by atoms with Crippen LogP contribution in [0.15, 0.2) is 48.5 Å². The monoisotopic (exact) mass is 284 g/mol. The normalized spacial score (nSPS) is 10.1. The first-order chi connectivity index (χ1) is 10.1. The fraction of sp³-hybridized carbons (Fsp3) is 0.125. The topological polar surface area (TPSA) is 92.4 Å². The van der Waals surface area contributed by atoms with Gasteiger partial charge in [-0.05, 0) is 29.3 Å². The summed E-state index contributed by atoms with van der Waals surface area (Å²) in [6, 6.07) is 14.1. The van der Waals surface area contributed by atoms with Gasteiger partial charge in [0.15, 0.2) is 0 Å². The second kappa shape index (κ2) is 6.56. The number of hydrogen-bond donors (Lipinski definition) is 3. The van der Waals surface area contributed by atoms with Gasteiger partial charge in [-0.15, -0.1) is 0 Å². The van der Waals surface area contributed by atoms with Gasteiger partial charge in [0.05, 0.1) is 12.0 Å². The van der Waals surface area contributed by atoms with E-state index in [0.717, 1.165) is 16.8 Å². The maximum absolute atomic E-state index is 11.0. The van der Waals surface area contributed by atoms with E-state index in [2.05, 4.69) is 5.32 Å². The predicted molar refractivity (Wildman–Crippen MR) is 80.1 cm³/mol. The van der Waals surface area contributed by atoms with Crippen LogP contribution in [0.5, 0.6) is 0 Å². The van der Waals surface area contributed by atoms with E-state index in [-0.39, 0.29) is 17.9 Å². The van der Waals surface area contributed by atoms with Crippen molar-refractivity contribution in [3.8, 4) is 0 Å². The number of carboxylic acid groups (broad SMARTS) is 1. The van der Waals surface area contributed by atoms with Crippen molar-refractivity contribution in [1.82, 2.24) is 0 Å². The molecule has 2 aromatic carbocycles. The van der Waals surface area contributed by atoms with Crippen molar-refractivity contribution < 1.29 is 14.7 Å². The zero-order chi connectivity index (χ0) is 15.2. The number of benzene rings is 2. The lowest BCUT2D eigenvalue weighted by atomic mass is 10.1. The molecule has 0 aliphatic rings. The molecular formula is C16H16N2O3. The number of rotatable bonds is 6. The van der Waals surface area contributed by atoms with Crippen LogP contribution in [0.1, 0.15) is 21.5 Å². The molecule has 1 amide bonds.